The Kier molecular flexibility index (Phi) is 7.41. The first-order chi connectivity index (χ1) is 21.1. The fourth-order valence-electron chi connectivity index (χ4n) is 5.42. The molecule has 2 aliphatic rings. The van der Waals surface area contributed by atoms with Gasteiger partial charge in [-0.05, 0) is 51.1 Å². The summed E-state index contributed by atoms with van der Waals surface area (Å²) in [6.45, 7) is 8.11. The highest BCUT2D eigenvalue weighted by Crippen LogP contribution is 2.43. The molecular weight excluding hydrogens is 560 g/mol. The number of ether oxygens (including phenoxy) is 1. The molecule has 0 bridgehead atoms. The van der Waals surface area contributed by atoms with Gasteiger partial charge in [0.1, 0.15) is 17.1 Å². The van der Waals surface area contributed by atoms with Crippen LogP contribution in [0.5, 0.6) is 0 Å². The predicted molar refractivity (Wildman–Crippen MR) is 168 cm³/mol. The van der Waals surface area contributed by atoms with Crippen LogP contribution in [0.4, 0.5) is 26.8 Å². The van der Waals surface area contributed by atoms with Crippen LogP contribution in [0.25, 0.3) is 22.5 Å². The van der Waals surface area contributed by atoms with Crippen LogP contribution in [0.1, 0.15) is 36.7 Å². The number of hydrogen-bond acceptors (Lipinski definition) is 8. The highest BCUT2D eigenvalue weighted by atomic mass is 16.6. The molecule has 0 atom stereocenters. The van der Waals surface area contributed by atoms with Gasteiger partial charge < -0.3 is 19.9 Å². The monoisotopic (exact) mass is 594 g/mol. The molecule has 12 nitrogen and oxygen atoms in total. The molecule has 6 rings (SSSR count). The first kappa shape index (κ1) is 28.7. The summed E-state index contributed by atoms with van der Waals surface area (Å²) >= 11 is 0. The second kappa shape index (κ2) is 11.4. The number of amides is 3. The van der Waals surface area contributed by atoms with E-state index >= 15 is 0 Å². The van der Waals surface area contributed by atoms with E-state index in [-0.39, 0.29) is 11.9 Å². The van der Waals surface area contributed by atoms with E-state index in [9.17, 15) is 14.4 Å². The molecule has 3 N–H and O–H groups in total. The van der Waals surface area contributed by atoms with Gasteiger partial charge in [-0.15, -0.1) is 0 Å². The van der Waals surface area contributed by atoms with Crippen LogP contribution in [-0.4, -0.2) is 76.8 Å². The Morgan fingerprint density at radius 3 is 2.39 bits per heavy atom. The van der Waals surface area contributed by atoms with Crippen LogP contribution < -0.4 is 20.7 Å². The molecular formula is C32H34N8O4. The number of aromatic amines is 1. The number of rotatable bonds is 5. The molecule has 44 heavy (non-hydrogen) atoms. The summed E-state index contributed by atoms with van der Waals surface area (Å²) in [7, 11) is 1.68. The second-order valence-electron chi connectivity index (χ2n) is 11.7. The van der Waals surface area contributed by atoms with E-state index in [1.165, 1.54) is 5.01 Å². The van der Waals surface area contributed by atoms with E-state index in [1.807, 2.05) is 57.2 Å². The number of hydrogen-bond donors (Lipinski definition) is 3. The Hall–Kier alpha value is -5.39. The minimum Gasteiger partial charge on any atom is -0.444 e. The number of anilines is 3. The number of carbonyl (C=O) groups excluding carboxylic acids is 3. The molecule has 4 aromatic rings. The number of fused-ring (bicyclic) bond motifs is 3. The minimum absolute atomic E-state index is 0.213. The molecule has 1 fully saturated rings. The van der Waals surface area contributed by atoms with Crippen molar-refractivity contribution in [3.05, 3.63) is 78.0 Å². The molecule has 2 aromatic carbocycles. The molecule has 3 heterocycles. The van der Waals surface area contributed by atoms with Crippen molar-refractivity contribution in [2.24, 2.45) is 0 Å². The van der Waals surface area contributed by atoms with E-state index in [0.717, 1.165) is 11.3 Å². The van der Waals surface area contributed by atoms with Gasteiger partial charge >= 0.3 is 12.1 Å². The number of ketones is 1. The smallest absolute Gasteiger partial charge is 0.410 e. The van der Waals surface area contributed by atoms with Gasteiger partial charge in [-0.1, -0.05) is 30.3 Å². The minimum atomic E-state index is -0.524. The number of carbonyl (C=O) groups is 3. The standard InChI is InChI=1S/C32H34N8O4/c1-32(2,3)44-31(43)40-18-16-39(17-19-40)21-13-11-20(12-14-21)27-26-28(36-35-27)22-8-7-9-23(25(22)29(26)41)34-30(42)37-38(4)24-10-5-6-15-33-24/h5-15H,16-19H2,1-4H3,(H,35,36)(H2,34,37,42). The summed E-state index contributed by atoms with van der Waals surface area (Å²) in [6, 6.07) is 18.1. The molecule has 0 saturated carbocycles. The fraction of sp³-hybridized carbons (Fsp3) is 0.281. The third-order valence-corrected chi connectivity index (χ3v) is 7.50. The van der Waals surface area contributed by atoms with Crippen molar-refractivity contribution in [3.63, 3.8) is 0 Å². The van der Waals surface area contributed by atoms with Gasteiger partial charge in [0.2, 0.25) is 0 Å². The first-order valence-electron chi connectivity index (χ1n) is 14.4. The molecule has 0 radical (unpaired) electrons. The number of hydrazine groups is 1. The Bertz CT molecular complexity index is 1700. The zero-order valence-electron chi connectivity index (χ0n) is 25.0. The lowest BCUT2D eigenvalue weighted by atomic mass is 10.0. The van der Waals surface area contributed by atoms with Crippen molar-refractivity contribution < 1.29 is 19.1 Å². The lowest BCUT2D eigenvalue weighted by molar-refractivity contribution is 0.0240. The van der Waals surface area contributed by atoms with E-state index < -0.39 is 11.6 Å². The van der Waals surface area contributed by atoms with Crippen LogP contribution in [0, 0.1) is 0 Å². The molecule has 1 aliphatic heterocycles. The fourth-order valence-corrected chi connectivity index (χ4v) is 5.42. The maximum Gasteiger partial charge on any atom is 0.410 e. The van der Waals surface area contributed by atoms with Gasteiger partial charge in [0.25, 0.3) is 0 Å². The third kappa shape index (κ3) is 5.65. The largest absolute Gasteiger partial charge is 0.444 e. The Morgan fingerprint density at radius 2 is 1.70 bits per heavy atom. The average Bonchev–Trinajstić information content (AvgIpc) is 3.57. The number of pyridine rings is 1. The lowest BCUT2D eigenvalue weighted by Crippen LogP contribution is -2.50. The number of H-pyrrole nitrogens is 1. The lowest BCUT2D eigenvalue weighted by Gasteiger charge is -2.36. The van der Waals surface area contributed by atoms with Crippen molar-refractivity contribution in [3.8, 4) is 22.5 Å². The summed E-state index contributed by atoms with van der Waals surface area (Å²) in [6.07, 6.45) is 1.34. The highest BCUT2D eigenvalue weighted by Gasteiger charge is 2.35. The van der Waals surface area contributed by atoms with Gasteiger partial charge in [-0.2, -0.15) is 5.10 Å². The Labute approximate surface area is 255 Å². The van der Waals surface area contributed by atoms with Gasteiger partial charge in [0.15, 0.2) is 5.78 Å². The maximum atomic E-state index is 13.8. The van der Waals surface area contributed by atoms with E-state index in [4.69, 9.17) is 4.74 Å². The summed E-state index contributed by atoms with van der Waals surface area (Å²) in [4.78, 5) is 47.2. The van der Waals surface area contributed by atoms with Crippen molar-refractivity contribution in [1.82, 2.24) is 25.5 Å². The summed E-state index contributed by atoms with van der Waals surface area (Å²) < 4.78 is 5.50. The third-order valence-electron chi connectivity index (χ3n) is 7.50. The van der Waals surface area contributed by atoms with Crippen molar-refractivity contribution >= 4 is 35.1 Å². The van der Waals surface area contributed by atoms with Gasteiger partial charge in [0.05, 0.1) is 22.5 Å². The normalized spacial score (nSPS) is 14.1. The second-order valence-corrected chi connectivity index (χ2v) is 11.7. The zero-order chi connectivity index (χ0) is 31.0. The summed E-state index contributed by atoms with van der Waals surface area (Å²) in [5.74, 6) is 0.354. The van der Waals surface area contributed by atoms with Gasteiger partial charge in [-0.25, -0.2) is 20.0 Å². The molecule has 2 aromatic heterocycles. The molecule has 3 amide bonds. The predicted octanol–water partition coefficient (Wildman–Crippen LogP) is 4.91. The molecule has 1 aliphatic carbocycles. The van der Waals surface area contributed by atoms with Crippen LogP contribution in [0.15, 0.2) is 66.9 Å². The first-order valence-corrected chi connectivity index (χ1v) is 14.4. The number of aromatic nitrogens is 3. The van der Waals surface area contributed by atoms with Gasteiger partial charge in [0, 0.05) is 56.2 Å². The molecule has 1 saturated heterocycles. The Morgan fingerprint density at radius 1 is 0.955 bits per heavy atom. The number of benzene rings is 2. The molecule has 12 heteroatoms. The quantitative estimate of drug-likeness (QED) is 0.244. The van der Waals surface area contributed by atoms with E-state index in [2.05, 4.69) is 30.8 Å². The maximum absolute atomic E-state index is 13.8. The number of piperazine rings is 1. The summed E-state index contributed by atoms with van der Waals surface area (Å²) in [5, 5.41) is 11.8. The van der Waals surface area contributed by atoms with E-state index in [1.54, 1.807) is 42.4 Å². The van der Waals surface area contributed by atoms with Crippen LogP contribution in [0.2, 0.25) is 0 Å². The van der Waals surface area contributed by atoms with E-state index in [0.29, 0.717) is 65.8 Å². The topological polar surface area (TPSA) is 136 Å². The molecule has 0 unspecified atom stereocenters. The van der Waals surface area contributed by atoms with Crippen LogP contribution in [0.3, 0.4) is 0 Å². The number of nitrogens with one attached hydrogen (secondary N) is 3. The van der Waals surface area contributed by atoms with Crippen LogP contribution in [-0.2, 0) is 4.74 Å². The SMILES string of the molecule is CN(NC(=O)Nc1cccc2c1C(=O)c1c(-c3ccc(N4CCN(C(=O)OC(C)(C)C)CC4)cc3)n[nH]c1-2)c1ccccn1. The number of nitrogens with zero attached hydrogens (tertiary/aromatic N) is 5. The molecule has 0 spiro atoms. The van der Waals surface area contributed by atoms with Crippen molar-refractivity contribution in [2.45, 2.75) is 26.4 Å². The number of urea groups is 1. The Balaban J connectivity index is 1.14. The van der Waals surface area contributed by atoms with Crippen LogP contribution >= 0.6 is 0 Å². The van der Waals surface area contributed by atoms with Gasteiger partial charge in [-0.3, -0.25) is 14.9 Å². The van der Waals surface area contributed by atoms with Crippen molar-refractivity contribution in [2.75, 3.05) is 48.5 Å². The average molecular weight is 595 g/mol. The molecule has 226 valence electrons. The van der Waals surface area contributed by atoms with Crippen molar-refractivity contribution in [1.29, 1.82) is 0 Å². The highest BCUT2D eigenvalue weighted by molar-refractivity contribution is 6.27. The zero-order valence-corrected chi connectivity index (χ0v) is 25.0. The summed E-state index contributed by atoms with van der Waals surface area (Å²) in [5.41, 5.74) is 7.13.